The molecule has 3 N–H and O–H groups in total. The molecule has 0 atom stereocenters. The van der Waals surface area contributed by atoms with E-state index in [-0.39, 0.29) is 10.6 Å². The van der Waals surface area contributed by atoms with E-state index in [1.165, 1.54) is 12.5 Å². The summed E-state index contributed by atoms with van der Waals surface area (Å²) >= 11 is 0. The van der Waals surface area contributed by atoms with Gasteiger partial charge in [-0.1, -0.05) is 19.3 Å². The van der Waals surface area contributed by atoms with Crippen LogP contribution in [0.1, 0.15) is 31.2 Å². The number of aryl methyl sites for hydroxylation is 1. The highest BCUT2D eigenvalue weighted by Gasteiger charge is 2.22. The molecule has 0 heterocycles. The highest BCUT2D eigenvalue weighted by Crippen LogP contribution is 2.29. The van der Waals surface area contributed by atoms with E-state index in [9.17, 15) is 12.8 Å². The summed E-state index contributed by atoms with van der Waals surface area (Å²) in [6, 6.07) is 2.33. The van der Waals surface area contributed by atoms with Gasteiger partial charge in [0.2, 0.25) is 10.0 Å². The predicted octanol–water partition coefficient (Wildman–Crippen LogP) is 2.18. The molecular weight excluding hydrogens is 267 g/mol. The van der Waals surface area contributed by atoms with Gasteiger partial charge in [-0.05, 0) is 37.0 Å². The van der Waals surface area contributed by atoms with Crippen LogP contribution in [0.4, 0.5) is 10.1 Å². The van der Waals surface area contributed by atoms with Gasteiger partial charge >= 0.3 is 0 Å². The minimum atomic E-state index is -3.82. The van der Waals surface area contributed by atoms with Gasteiger partial charge in [-0.15, -0.1) is 0 Å². The molecule has 0 unspecified atom stereocenters. The van der Waals surface area contributed by atoms with Crippen molar-refractivity contribution >= 4 is 15.7 Å². The van der Waals surface area contributed by atoms with E-state index in [4.69, 9.17) is 5.73 Å². The first-order valence-corrected chi connectivity index (χ1v) is 7.94. The van der Waals surface area contributed by atoms with Crippen LogP contribution in [0, 0.1) is 18.7 Å². The molecule has 1 saturated carbocycles. The lowest BCUT2D eigenvalue weighted by atomic mass is 9.83. The number of nitrogens with one attached hydrogen (secondary N) is 1. The Kier molecular flexibility index (Phi) is 4.10. The molecule has 1 aromatic rings. The molecule has 0 aliphatic heterocycles. The molecule has 1 aliphatic carbocycles. The van der Waals surface area contributed by atoms with Gasteiger partial charge in [-0.25, -0.2) is 17.5 Å². The molecule has 1 fully saturated rings. The first-order chi connectivity index (χ1) is 8.90. The van der Waals surface area contributed by atoms with Gasteiger partial charge < -0.3 is 5.73 Å². The number of nitrogen functional groups attached to an aromatic ring is 1. The van der Waals surface area contributed by atoms with E-state index < -0.39 is 15.8 Å². The minimum absolute atomic E-state index is 0.278. The van der Waals surface area contributed by atoms with Crippen LogP contribution in [-0.2, 0) is 10.0 Å². The van der Waals surface area contributed by atoms with Gasteiger partial charge in [0.1, 0.15) is 10.7 Å². The summed E-state index contributed by atoms with van der Waals surface area (Å²) in [4.78, 5) is -0.371. The number of anilines is 1. The molecule has 6 heteroatoms. The van der Waals surface area contributed by atoms with Crippen molar-refractivity contribution in [2.45, 2.75) is 37.5 Å². The van der Waals surface area contributed by atoms with Crippen molar-refractivity contribution in [3.05, 3.63) is 23.5 Å². The zero-order valence-electron chi connectivity index (χ0n) is 10.9. The van der Waals surface area contributed by atoms with Crippen molar-refractivity contribution in [3.8, 4) is 0 Å². The molecule has 0 spiro atoms. The average molecular weight is 286 g/mol. The second-order valence-corrected chi connectivity index (χ2v) is 6.86. The first kappa shape index (κ1) is 14.3. The summed E-state index contributed by atoms with van der Waals surface area (Å²) in [7, 11) is -3.82. The monoisotopic (exact) mass is 286 g/mol. The summed E-state index contributed by atoms with van der Waals surface area (Å²) in [5.74, 6) is -0.154. The van der Waals surface area contributed by atoms with Crippen molar-refractivity contribution in [3.63, 3.8) is 0 Å². The van der Waals surface area contributed by atoms with Crippen molar-refractivity contribution in [1.29, 1.82) is 0 Å². The molecule has 1 aliphatic rings. The Labute approximate surface area is 113 Å². The zero-order valence-corrected chi connectivity index (χ0v) is 11.8. The number of nitrogens with two attached hydrogens (primary N) is 1. The van der Waals surface area contributed by atoms with Crippen molar-refractivity contribution in [1.82, 2.24) is 4.72 Å². The smallest absolute Gasteiger partial charge is 0.243 e. The number of hydrogen-bond donors (Lipinski definition) is 2. The molecule has 19 heavy (non-hydrogen) atoms. The van der Waals surface area contributed by atoms with Crippen LogP contribution >= 0.6 is 0 Å². The standard InChI is InChI=1S/C13H19FN2O2S/c1-9-7-11(14)13(8-12(9)15)19(17,18)16-6-5-10-3-2-4-10/h7-8,10,16H,2-6,15H2,1H3. The van der Waals surface area contributed by atoms with Crippen LogP contribution in [-0.4, -0.2) is 15.0 Å². The number of sulfonamides is 1. The normalized spacial score (nSPS) is 16.3. The van der Waals surface area contributed by atoms with Gasteiger partial charge in [0.15, 0.2) is 0 Å². The van der Waals surface area contributed by atoms with Gasteiger partial charge in [-0.2, -0.15) is 0 Å². The SMILES string of the molecule is Cc1cc(F)c(S(=O)(=O)NCCC2CCC2)cc1N. The van der Waals surface area contributed by atoms with E-state index in [2.05, 4.69) is 4.72 Å². The summed E-state index contributed by atoms with van der Waals surface area (Å²) < 4.78 is 40.1. The molecule has 1 aromatic carbocycles. The van der Waals surface area contributed by atoms with Crippen molar-refractivity contribution in [2.75, 3.05) is 12.3 Å². The lowest BCUT2D eigenvalue weighted by Gasteiger charge is -2.25. The summed E-state index contributed by atoms with van der Waals surface area (Å²) in [6.45, 7) is 1.99. The maximum absolute atomic E-state index is 13.7. The lowest BCUT2D eigenvalue weighted by Crippen LogP contribution is -2.28. The largest absolute Gasteiger partial charge is 0.398 e. The highest BCUT2D eigenvalue weighted by atomic mass is 32.2. The quantitative estimate of drug-likeness (QED) is 0.815. The summed E-state index contributed by atoms with van der Waals surface area (Å²) in [5, 5.41) is 0. The van der Waals surface area contributed by atoms with E-state index in [1.54, 1.807) is 6.92 Å². The number of hydrogen-bond acceptors (Lipinski definition) is 3. The van der Waals surface area contributed by atoms with Crippen LogP contribution in [0.25, 0.3) is 0 Å². The number of halogens is 1. The Morgan fingerprint density at radius 3 is 2.68 bits per heavy atom. The topological polar surface area (TPSA) is 72.2 Å². The van der Waals surface area contributed by atoms with Crippen LogP contribution < -0.4 is 10.5 Å². The second kappa shape index (κ2) is 5.46. The van der Waals surface area contributed by atoms with Crippen LogP contribution in [0.3, 0.4) is 0 Å². The third-order valence-corrected chi connectivity index (χ3v) is 5.16. The Bertz CT molecular complexity index is 568. The lowest BCUT2D eigenvalue weighted by molar-refractivity contribution is 0.297. The Hall–Kier alpha value is -1.14. The minimum Gasteiger partial charge on any atom is -0.398 e. The van der Waals surface area contributed by atoms with E-state index >= 15 is 0 Å². The Morgan fingerprint density at radius 2 is 2.11 bits per heavy atom. The molecule has 0 saturated heterocycles. The van der Waals surface area contributed by atoms with Gasteiger partial charge in [0.25, 0.3) is 0 Å². The number of benzene rings is 1. The number of rotatable bonds is 5. The molecule has 0 bridgehead atoms. The Balaban J connectivity index is 2.07. The van der Waals surface area contributed by atoms with Gasteiger partial charge in [-0.3, -0.25) is 0 Å². The molecule has 106 valence electrons. The molecule has 4 nitrogen and oxygen atoms in total. The summed E-state index contributed by atoms with van der Waals surface area (Å²) in [5.41, 5.74) is 6.45. The third kappa shape index (κ3) is 3.25. The first-order valence-electron chi connectivity index (χ1n) is 6.45. The van der Waals surface area contributed by atoms with Crippen LogP contribution in [0.2, 0.25) is 0 Å². The fourth-order valence-electron chi connectivity index (χ4n) is 2.13. The molecule has 0 amide bonds. The third-order valence-electron chi connectivity index (χ3n) is 3.68. The van der Waals surface area contributed by atoms with E-state index in [0.29, 0.717) is 18.0 Å². The van der Waals surface area contributed by atoms with Crippen LogP contribution in [0.15, 0.2) is 17.0 Å². The zero-order chi connectivity index (χ0) is 14.0. The Morgan fingerprint density at radius 1 is 1.42 bits per heavy atom. The fourth-order valence-corrected chi connectivity index (χ4v) is 3.27. The maximum Gasteiger partial charge on any atom is 0.243 e. The molecule has 0 radical (unpaired) electrons. The second-order valence-electron chi connectivity index (χ2n) is 5.12. The van der Waals surface area contributed by atoms with Crippen LogP contribution in [0.5, 0.6) is 0 Å². The van der Waals surface area contributed by atoms with E-state index in [0.717, 1.165) is 25.3 Å². The molecule has 2 rings (SSSR count). The molecular formula is C13H19FN2O2S. The average Bonchev–Trinajstić information content (AvgIpc) is 2.26. The fraction of sp³-hybridized carbons (Fsp3) is 0.538. The predicted molar refractivity (Wildman–Crippen MR) is 72.7 cm³/mol. The molecule has 0 aromatic heterocycles. The van der Waals surface area contributed by atoms with Gasteiger partial charge in [0, 0.05) is 12.2 Å². The van der Waals surface area contributed by atoms with Gasteiger partial charge in [0.05, 0.1) is 0 Å². The van der Waals surface area contributed by atoms with E-state index in [1.807, 2.05) is 0 Å². The van der Waals surface area contributed by atoms with Crippen molar-refractivity contribution < 1.29 is 12.8 Å². The summed E-state index contributed by atoms with van der Waals surface area (Å²) in [6.07, 6.45) is 4.35. The maximum atomic E-state index is 13.7. The highest BCUT2D eigenvalue weighted by molar-refractivity contribution is 7.89. The van der Waals surface area contributed by atoms with Crippen molar-refractivity contribution in [2.24, 2.45) is 5.92 Å².